The smallest absolute Gasteiger partial charge is 0.357 e. The molecule has 0 amide bonds. The molecule has 30 heavy (non-hydrogen) atoms. The van der Waals surface area contributed by atoms with E-state index in [0.29, 0.717) is 45.2 Å². The lowest BCUT2D eigenvalue weighted by Crippen LogP contribution is -2.56. The van der Waals surface area contributed by atoms with E-state index in [1.807, 2.05) is 42.2 Å². The molecule has 0 spiro atoms. The minimum atomic E-state index is -4.20. The van der Waals surface area contributed by atoms with Crippen molar-refractivity contribution in [2.24, 2.45) is 4.99 Å². The monoisotopic (exact) mass is 536 g/mol. The van der Waals surface area contributed by atoms with Crippen molar-refractivity contribution < 1.29 is 13.2 Å². The van der Waals surface area contributed by atoms with E-state index in [4.69, 9.17) is 0 Å². The Hall–Kier alpha value is -1.82. The van der Waals surface area contributed by atoms with Crippen LogP contribution >= 0.6 is 24.0 Å². The molecule has 1 aromatic carbocycles. The fourth-order valence-corrected chi connectivity index (χ4v) is 3.31. The fourth-order valence-electron chi connectivity index (χ4n) is 3.31. The molecule has 6 nitrogen and oxygen atoms in total. The van der Waals surface area contributed by atoms with Gasteiger partial charge in [-0.3, -0.25) is 4.90 Å². The molecule has 2 heterocycles. The quantitative estimate of drug-likeness (QED) is 0.348. The molecule has 0 aliphatic carbocycles. The summed E-state index contributed by atoms with van der Waals surface area (Å²) >= 11 is 0. The van der Waals surface area contributed by atoms with Crippen LogP contribution < -0.4 is 5.32 Å². The molecule has 0 radical (unpaired) electrons. The number of nitrogens with one attached hydrogen (secondary N) is 2. The molecule has 0 saturated carbocycles. The number of aromatic amines is 1. The Morgan fingerprint density at radius 3 is 2.47 bits per heavy atom. The third kappa shape index (κ3) is 6.34. The van der Waals surface area contributed by atoms with Gasteiger partial charge in [0, 0.05) is 32.7 Å². The van der Waals surface area contributed by atoms with Crippen LogP contribution in [0.15, 0.2) is 41.5 Å². The summed E-state index contributed by atoms with van der Waals surface area (Å²) in [6.07, 6.45) is -2.42. The molecule has 2 N–H and O–H groups in total. The number of H-pyrrole nitrogens is 1. The summed E-state index contributed by atoms with van der Waals surface area (Å²) in [4.78, 5) is 15.8. The molecular weight excluding hydrogens is 508 g/mol. The number of hydrogen-bond donors (Lipinski definition) is 2. The number of imidazole rings is 1. The van der Waals surface area contributed by atoms with Gasteiger partial charge in [0.25, 0.3) is 0 Å². The maximum Gasteiger partial charge on any atom is 0.403 e. The molecule has 1 saturated heterocycles. The third-order valence-electron chi connectivity index (χ3n) is 5.06. The van der Waals surface area contributed by atoms with E-state index in [-0.39, 0.29) is 24.0 Å². The first kappa shape index (κ1) is 24.4. The molecule has 1 aliphatic rings. The van der Waals surface area contributed by atoms with Crippen LogP contribution in [-0.2, 0) is 6.54 Å². The normalized spacial score (nSPS) is 16.8. The van der Waals surface area contributed by atoms with Crippen LogP contribution in [0.2, 0.25) is 0 Å². The second kappa shape index (κ2) is 11.0. The van der Waals surface area contributed by atoms with Crippen LogP contribution in [0.4, 0.5) is 13.2 Å². The van der Waals surface area contributed by atoms with Crippen LogP contribution in [0, 0.1) is 0 Å². The third-order valence-corrected chi connectivity index (χ3v) is 5.06. The maximum absolute atomic E-state index is 12.9. The Morgan fingerprint density at radius 1 is 1.20 bits per heavy atom. The van der Waals surface area contributed by atoms with Crippen LogP contribution in [-0.4, -0.2) is 70.7 Å². The molecule has 2 aromatic rings. The largest absolute Gasteiger partial charge is 0.403 e. The number of aromatic nitrogens is 2. The van der Waals surface area contributed by atoms with E-state index in [1.54, 1.807) is 6.20 Å². The predicted molar refractivity (Wildman–Crippen MR) is 123 cm³/mol. The number of nitrogens with zero attached hydrogens (tertiary/aromatic N) is 4. The van der Waals surface area contributed by atoms with Gasteiger partial charge in [0.15, 0.2) is 5.96 Å². The van der Waals surface area contributed by atoms with Crippen LogP contribution in [0.1, 0.15) is 19.7 Å². The number of rotatable bonds is 5. The van der Waals surface area contributed by atoms with Crippen molar-refractivity contribution in [2.75, 3.05) is 32.7 Å². The zero-order valence-electron chi connectivity index (χ0n) is 17.1. The van der Waals surface area contributed by atoms with E-state index in [1.165, 1.54) is 11.8 Å². The van der Waals surface area contributed by atoms with Crippen molar-refractivity contribution in [1.29, 1.82) is 0 Å². The summed E-state index contributed by atoms with van der Waals surface area (Å²) in [5.74, 6) is 1.44. The molecule has 166 valence electrons. The number of guanidine groups is 1. The van der Waals surface area contributed by atoms with Gasteiger partial charge in [-0.15, -0.1) is 24.0 Å². The van der Waals surface area contributed by atoms with E-state index in [0.717, 1.165) is 17.1 Å². The molecule has 1 fully saturated rings. The van der Waals surface area contributed by atoms with Crippen LogP contribution in [0.3, 0.4) is 0 Å². The van der Waals surface area contributed by atoms with Crippen molar-refractivity contribution in [3.63, 3.8) is 0 Å². The molecule has 1 aromatic heterocycles. The average Bonchev–Trinajstić information content (AvgIpc) is 3.20. The molecule has 1 unspecified atom stereocenters. The number of benzene rings is 1. The van der Waals surface area contributed by atoms with Crippen molar-refractivity contribution in [2.45, 2.75) is 32.6 Å². The number of halogens is 4. The highest BCUT2D eigenvalue weighted by Crippen LogP contribution is 2.25. The van der Waals surface area contributed by atoms with Crippen molar-refractivity contribution in [1.82, 2.24) is 25.1 Å². The first-order valence-electron chi connectivity index (χ1n) is 9.81. The van der Waals surface area contributed by atoms with Crippen LogP contribution in [0.5, 0.6) is 0 Å². The minimum absolute atomic E-state index is 0. The van der Waals surface area contributed by atoms with Gasteiger partial charge >= 0.3 is 6.18 Å². The van der Waals surface area contributed by atoms with E-state index in [2.05, 4.69) is 20.3 Å². The number of piperazine rings is 1. The number of hydrogen-bond acceptors (Lipinski definition) is 3. The van der Waals surface area contributed by atoms with Crippen molar-refractivity contribution in [3.8, 4) is 11.3 Å². The van der Waals surface area contributed by atoms with Gasteiger partial charge in [-0.1, -0.05) is 30.3 Å². The zero-order chi connectivity index (χ0) is 20.9. The number of aliphatic imine (C=N–C) groups is 1. The summed E-state index contributed by atoms with van der Waals surface area (Å²) in [5.41, 5.74) is 1.98. The van der Waals surface area contributed by atoms with Gasteiger partial charge in [0.1, 0.15) is 18.4 Å². The highest BCUT2D eigenvalue weighted by Gasteiger charge is 2.41. The Bertz CT molecular complexity index is 800. The van der Waals surface area contributed by atoms with Crippen LogP contribution in [0.25, 0.3) is 11.3 Å². The predicted octanol–water partition coefficient (Wildman–Crippen LogP) is 3.73. The Morgan fingerprint density at radius 2 is 1.87 bits per heavy atom. The molecule has 3 rings (SSSR count). The fraction of sp³-hybridized carbons (Fsp3) is 0.500. The summed E-state index contributed by atoms with van der Waals surface area (Å²) < 4.78 is 38.8. The highest BCUT2D eigenvalue weighted by molar-refractivity contribution is 14.0. The first-order chi connectivity index (χ1) is 13.9. The Balaban J connectivity index is 0.00000320. The zero-order valence-corrected chi connectivity index (χ0v) is 19.4. The molecule has 0 bridgehead atoms. The molecule has 1 aliphatic heterocycles. The summed E-state index contributed by atoms with van der Waals surface area (Å²) in [7, 11) is 0. The lowest BCUT2D eigenvalue weighted by atomic mass is 10.2. The Labute approximate surface area is 192 Å². The summed E-state index contributed by atoms with van der Waals surface area (Å²) in [6, 6.07) is 8.48. The van der Waals surface area contributed by atoms with Gasteiger partial charge in [-0.2, -0.15) is 13.2 Å². The molecular formula is C20H28F3IN6. The van der Waals surface area contributed by atoms with E-state index < -0.39 is 12.2 Å². The lowest BCUT2D eigenvalue weighted by molar-refractivity contribution is -0.181. The number of alkyl halides is 3. The highest BCUT2D eigenvalue weighted by atomic mass is 127. The van der Waals surface area contributed by atoms with Crippen molar-refractivity contribution in [3.05, 3.63) is 42.4 Å². The van der Waals surface area contributed by atoms with E-state index in [9.17, 15) is 13.2 Å². The topological polar surface area (TPSA) is 59.6 Å². The van der Waals surface area contributed by atoms with Gasteiger partial charge in [0.2, 0.25) is 0 Å². The second-order valence-electron chi connectivity index (χ2n) is 7.02. The second-order valence-corrected chi connectivity index (χ2v) is 7.02. The lowest BCUT2D eigenvalue weighted by Gasteiger charge is -2.39. The summed E-state index contributed by atoms with van der Waals surface area (Å²) in [6.45, 7) is 5.95. The van der Waals surface area contributed by atoms with Gasteiger partial charge in [-0.25, -0.2) is 9.98 Å². The maximum atomic E-state index is 12.9. The average molecular weight is 536 g/mol. The SMILES string of the molecule is CCNC(=NCc1ncc(-c2ccccc2)[nH]1)N1CCN(C(C)C(F)(F)F)CC1.I. The minimum Gasteiger partial charge on any atom is -0.357 e. The van der Waals surface area contributed by atoms with Gasteiger partial charge in [0.05, 0.1) is 11.9 Å². The molecule has 10 heteroatoms. The Kier molecular flexibility index (Phi) is 8.95. The standard InChI is InChI=1S/C20H27F3N6.HI/c1-3-24-19(29-11-9-28(10-12-29)15(2)20(21,22)23)26-14-18-25-13-17(27-18)16-7-5-4-6-8-16;/h4-8,13,15H,3,9-12,14H2,1-2H3,(H,24,26)(H,25,27);1H. The van der Waals surface area contributed by atoms with Crippen molar-refractivity contribution >= 4 is 29.9 Å². The molecule has 1 atom stereocenters. The van der Waals surface area contributed by atoms with Gasteiger partial charge in [-0.05, 0) is 19.4 Å². The van der Waals surface area contributed by atoms with E-state index >= 15 is 0 Å². The van der Waals surface area contributed by atoms with Gasteiger partial charge < -0.3 is 15.2 Å². The first-order valence-corrected chi connectivity index (χ1v) is 9.81. The summed E-state index contributed by atoms with van der Waals surface area (Å²) in [5, 5.41) is 3.23.